The van der Waals surface area contributed by atoms with Gasteiger partial charge < -0.3 is 10.4 Å². The summed E-state index contributed by atoms with van der Waals surface area (Å²) < 4.78 is 4.39. The molecule has 6 heteroatoms. The van der Waals surface area contributed by atoms with Crippen LogP contribution in [-0.2, 0) is 4.79 Å². The second-order valence-electron chi connectivity index (χ2n) is 6.48. The molecule has 25 heavy (non-hydrogen) atoms. The Labute approximate surface area is 149 Å². The number of anilines is 1. The second kappa shape index (κ2) is 6.80. The van der Waals surface area contributed by atoms with Crippen molar-refractivity contribution in [3.05, 3.63) is 36.5 Å². The standard InChI is InChI=1S/C19H19N3O2S/c23-15-8-6-12(7-9-15)14-10-16-17(22-25-19(16)20-11-14)21-18(24)13-4-2-1-3-5-13/h6-11,13,23H,1-5H2,(H,21,22,24). The maximum Gasteiger partial charge on any atom is 0.228 e. The van der Waals surface area contributed by atoms with Crippen LogP contribution in [0.4, 0.5) is 5.82 Å². The molecule has 1 aliphatic carbocycles. The minimum atomic E-state index is 0.0712. The fourth-order valence-corrected chi connectivity index (χ4v) is 3.99. The zero-order chi connectivity index (χ0) is 17.2. The van der Waals surface area contributed by atoms with Gasteiger partial charge in [-0.25, -0.2) is 4.98 Å². The lowest BCUT2D eigenvalue weighted by Crippen LogP contribution is -2.24. The van der Waals surface area contributed by atoms with E-state index in [1.807, 2.05) is 18.2 Å². The van der Waals surface area contributed by atoms with Crippen molar-refractivity contribution in [1.29, 1.82) is 0 Å². The molecule has 0 spiro atoms. The number of carbonyl (C=O) groups is 1. The molecule has 2 N–H and O–H groups in total. The van der Waals surface area contributed by atoms with Crippen molar-refractivity contribution >= 4 is 33.5 Å². The van der Waals surface area contributed by atoms with Crippen LogP contribution in [0, 0.1) is 5.92 Å². The van der Waals surface area contributed by atoms with Gasteiger partial charge >= 0.3 is 0 Å². The average Bonchev–Trinajstić information content (AvgIpc) is 3.05. The van der Waals surface area contributed by atoms with Crippen LogP contribution >= 0.6 is 11.5 Å². The maximum atomic E-state index is 12.5. The van der Waals surface area contributed by atoms with Crippen LogP contribution in [0.3, 0.4) is 0 Å². The van der Waals surface area contributed by atoms with Crippen LogP contribution < -0.4 is 5.32 Å². The lowest BCUT2D eigenvalue weighted by Gasteiger charge is -2.20. The number of amides is 1. The van der Waals surface area contributed by atoms with E-state index in [1.54, 1.807) is 18.3 Å². The predicted molar refractivity (Wildman–Crippen MR) is 99.7 cm³/mol. The molecule has 0 radical (unpaired) electrons. The molecule has 4 rings (SSSR count). The summed E-state index contributed by atoms with van der Waals surface area (Å²) in [6, 6.07) is 8.99. The number of hydrogen-bond acceptors (Lipinski definition) is 5. The fourth-order valence-electron chi connectivity index (χ4n) is 3.32. The molecule has 1 saturated carbocycles. The van der Waals surface area contributed by atoms with E-state index >= 15 is 0 Å². The van der Waals surface area contributed by atoms with Crippen LogP contribution in [0.15, 0.2) is 36.5 Å². The molecule has 1 aliphatic rings. The first-order valence-electron chi connectivity index (χ1n) is 8.56. The summed E-state index contributed by atoms with van der Waals surface area (Å²) in [6.07, 6.45) is 7.20. The van der Waals surface area contributed by atoms with Gasteiger partial charge in [0.2, 0.25) is 5.91 Å². The van der Waals surface area contributed by atoms with E-state index in [2.05, 4.69) is 14.7 Å². The van der Waals surface area contributed by atoms with E-state index < -0.39 is 0 Å². The van der Waals surface area contributed by atoms with Crippen molar-refractivity contribution in [2.75, 3.05) is 5.32 Å². The van der Waals surface area contributed by atoms with E-state index in [0.29, 0.717) is 5.82 Å². The molecule has 2 aromatic heterocycles. The zero-order valence-corrected chi connectivity index (χ0v) is 14.6. The number of rotatable bonds is 3. The molecule has 1 amide bonds. The highest BCUT2D eigenvalue weighted by Crippen LogP contribution is 2.31. The Bertz CT molecular complexity index is 899. The third-order valence-electron chi connectivity index (χ3n) is 4.75. The van der Waals surface area contributed by atoms with E-state index in [4.69, 9.17) is 0 Å². The molecule has 0 bridgehead atoms. The number of nitrogens with one attached hydrogen (secondary N) is 1. The third-order valence-corrected chi connectivity index (χ3v) is 5.52. The van der Waals surface area contributed by atoms with Crippen LogP contribution in [0.5, 0.6) is 5.75 Å². The van der Waals surface area contributed by atoms with Crippen LogP contribution in [0.25, 0.3) is 21.3 Å². The predicted octanol–water partition coefficient (Wildman–Crippen LogP) is 4.58. The minimum Gasteiger partial charge on any atom is -0.508 e. The molecule has 0 unspecified atom stereocenters. The van der Waals surface area contributed by atoms with Crippen LogP contribution in [0.2, 0.25) is 0 Å². The van der Waals surface area contributed by atoms with Gasteiger partial charge in [-0.2, -0.15) is 4.37 Å². The Hall–Kier alpha value is -2.47. The van der Waals surface area contributed by atoms with Crippen LogP contribution in [-0.4, -0.2) is 20.4 Å². The van der Waals surface area contributed by atoms with Crippen molar-refractivity contribution in [3.8, 4) is 16.9 Å². The van der Waals surface area contributed by atoms with Crippen molar-refractivity contribution in [2.45, 2.75) is 32.1 Å². The quantitative estimate of drug-likeness (QED) is 0.722. The normalized spacial score (nSPS) is 15.4. The molecular weight excluding hydrogens is 334 g/mol. The first-order valence-corrected chi connectivity index (χ1v) is 9.34. The first kappa shape index (κ1) is 16.0. The molecule has 0 atom stereocenters. The van der Waals surface area contributed by atoms with E-state index in [9.17, 15) is 9.90 Å². The zero-order valence-electron chi connectivity index (χ0n) is 13.7. The molecule has 128 valence electrons. The Morgan fingerprint density at radius 1 is 1.12 bits per heavy atom. The molecule has 0 saturated heterocycles. The van der Waals surface area contributed by atoms with Gasteiger partial charge in [-0.05, 0) is 48.1 Å². The van der Waals surface area contributed by atoms with E-state index in [1.165, 1.54) is 18.0 Å². The summed E-state index contributed by atoms with van der Waals surface area (Å²) in [5.41, 5.74) is 1.89. The number of aromatic hydroxyl groups is 1. The first-order chi connectivity index (χ1) is 12.2. The molecule has 5 nitrogen and oxygen atoms in total. The SMILES string of the molecule is O=C(Nc1nsc2ncc(-c3ccc(O)cc3)cc12)C1CCCCC1. The van der Waals surface area contributed by atoms with Crippen molar-refractivity contribution in [3.63, 3.8) is 0 Å². The summed E-state index contributed by atoms with van der Waals surface area (Å²) in [5.74, 6) is 1.000. The molecular formula is C19H19N3O2S. The van der Waals surface area contributed by atoms with Gasteiger partial charge in [0.05, 0.1) is 5.39 Å². The Morgan fingerprint density at radius 2 is 1.88 bits per heavy atom. The monoisotopic (exact) mass is 353 g/mol. The fraction of sp³-hybridized carbons (Fsp3) is 0.316. The number of nitrogens with zero attached hydrogens (tertiary/aromatic N) is 2. The summed E-state index contributed by atoms with van der Waals surface area (Å²) in [6.45, 7) is 0. The van der Waals surface area contributed by atoms with Gasteiger partial charge in [0.15, 0.2) is 5.82 Å². The molecule has 1 fully saturated rings. The lowest BCUT2D eigenvalue weighted by atomic mass is 9.89. The van der Waals surface area contributed by atoms with Crippen LogP contribution in [0.1, 0.15) is 32.1 Å². The van der Waals surface area contributed by atoms with Gasteiger partial charge in [-0.3, -0.25) is 4.79 Å². The molecule has 1 aromatic carbocycles. The highest BCUT2D eigenvalue weighted by atomic mass is 32.1. The molecule has 3 aromatic rings. The largest absolute Gasteiger partial charge is 0.508 e. The maximum absolute atomic E-state index is 12.5. The highest BCUT2D eigenvalue weighted by molar-refractivity contribution is 7.13. The average molecular weight is 353 g/mol. The van der Waals surface area contributed by atoms with Gasteiger partial charge in [0.1, 0.15) is 10.6 Å². The number of benzene rings is 1. The Balaban J connectivity index is 1.62. The van der Waals surface area contributed by atoms with Crippen molar-refractivity contribution < 1.29 is 9.90 Å². The number of carbonyl (C=O) groups excluding carboxylic acids is 1. The summed E-state index contributed by atoms with van der Waals surface area (Å²) in [7, 11) is 0. The topological polar surface area (TPSA) is 75.1 Å². The van der Waals surface area contributed by atoms with E-state index in [-0.39, 0.29) is 17.6 Å². The lowest BCUT2D eigenvalue weighted by molar-refractivity contribution is -0.120. The number of aromatic nitrogens is 2. The minimum absolute atomic E-state index is 0.0712. The molecule has 2 heterocycles. The van der Waals surface area contributed by atoms with Gasteiger partial charge in [0, 0.05) is 17.7 Å². The summed E-state index contributed by atoms with van der Waals surface area (Å²) >= 11 is 1.29. The smallest absolute Gasteiger partial charge is 0.228 e. The number of phenols is 1. The third kappa shape index (κ3) is 3.35. The van der Waals surface area contributed by atoms with Gasteiger partial charge in [-0.1, -0.05) is 31.4 Å². The van der Waals surface area contributed by atoms with Crippen molar-refractivity contribution in [1.82, 2.24) is 9.36 Å². The van der Waals surface area contributed by atoms with Gasteiger partial charge in [0.25, 0.3) is 0 Å². The second-order valence-corrected chi connectivity index (χ2v) is 7.23. The summed E-state index contributed by atoms with van der Waals surface area (Å²) in [5, 5.41) is 13.3. The number of phenolic OH excluding ortho intramolecular Hbond substituents is 1. The Kier molecular flexibility index (Phi) is 4.36. The van der Waals surface area contributed by atoms with E-state index in [0.717, 1.165) is 47.0 Å². The van der Waals surface area contributed by atoms with Gasteiger partial charge in [-0.15, -0.1) is 0 Å². The number of hydrogen-bond donors (Lipinski definition) is 2. The molecule has 0 aliphatic heterocycles. The number of fused-ring (bicyclic) bond motifs is 1. The summed E-state index contributed by atoms with van der Waals surface area (Å²) in [4.78, 5) is 17.8. The Morgan fingerprint density at radius 3 is 2.64 bits per heavy atom. The highest BCUT2D eigenvalue weighted by Gasteiger charge is 2.22. The number of pyridine rings is 1. The van der Waals surface area contributed by atoms with Crippen molar-refractivity contribution in [2.24, 2.45) is 5.92 Å².